The first kappa shape index (κ1) is 17.2. The predicted molar refractivity (Wildman–Crippen MR) is 99.2 cm³/mol. The number of benzene rings is 2. The molecule has 1 aliphatic rings. The molecule has 0 N–H and O–H groups in total. The Morgan fingerprint density at radius 3 is 2.00 bits per heavy atom. The average molecular weight is 324 g/mol. The Kier molecular flexibility index (Phi) is 6.06. The van der Waals surface area contributed by atoms with Crippen molar-refractivity contribution in [1.29, 1.82) is 0 Å². The van der Waals surface area contributed by atoms with Crippen LogP contribution < -0.4 is 0 Å². The zero-order valence-corrected chi connectivity index (χ0v) is 14.8. The summed E-state index contributed by atoms with van der Waals surface area (Å²) in [6.07, 6.45) is 4.91. The SMILES string of the molecule is CCCc1ccc(-c2ccc([C@H]3CO[C@H](CCC)CO3)cc2)cc1. The van der Waals surface area contributed by atoms with Crippen LogP contribution in [0.15, 0.2) is 48.5 Å². The summed E-state index contributed by atoms with van der Waals surface area (Å²) in [4.78, 5) is 0. The van der Waals surface area contributed by atoms with Crippen LogP contribution in [0.3, 0.4) is 0 Å². The lowest BCUT2D eigenvalue weighted by molar-refractivity contribution is -0.137. The molecule has 1 aliphatic heterocycles. The summed E-state index contributed by atoms with van der Waals surface area (Å²) >= 11 is 0. The quantitative estimate of drug-likeness (QED) is 0.692. The van der Waals surface area contributed by atoms with E-state index < -0.39 is 0 Å². The normalized spacial score (nSPS) is 20.9. The monoisotopic (exact) mass is 324 g/mol. The van der Waals surface area contributed by atoms with E-state index in [-0.39, 0.29) is 12.2 Å². The molecule has 0 saturated carbocycles. The van der Waals surface area contributed by atoms with E-state index in [0.717, 1.165) is 19.3 Å². The van der Waals surface area contributed by atoms with Crippen molar-refractivity contribution < 1.29 is 9.47 Å². The molecule has 2 aromatic carbocycles. The third-order valence-corrected chi connectivity index (χ3v) is 4.69. The first-order valence-electron chi connectivity index (χ1n) is 9.22. The molecule has 2 heteroatoms. The fraction of sp³-hybridized carbons (Fsp3) is 0.455. The van der Waals surface area contributed by atoms with Gasteiger partial charge in [0.05, 0.1) is 19.3 Å². The van der Waals surface area contributed by atoms with E-state index in [9.17, 15) is 0 Å². The lowest BCUT2D eigenvalue weighted by Crippen LogP contribution is -2.30. The number of aryl methyl sites for hydroxylation is 1. The van der Waals surface area contributed by atoms with Gasteiger partial charge in [0, 0.05) is 0 Å². The van der Waals surface area contributed by atoms with Crippen molar-refractivity contribution in [3.63, 3.8) is 0 Å². The van der Waals surface area contributed by atoms with Gasteiger partial charge in [-0.05, 0) is 35.1 Å². The molecule has 1 saturated heterocycles. The fourth-order valence-corrected chi connectivity index (χ4v) is 3.27. The molecule has 1 fully saturated rings. The first-order valence-corrected chi connectivity index (χ1v) is 9.22. The smallest absolute Gasteiger partial charge is 0.106 e. The molecule has 2 nitrogen and oxygen atoms in total. The average Bonchev–Trinajstić information content (AvgIpc) is 2.64. The molecule has 0 bridgehead atoms. The van der Waals surface area contributed by atoms with Crippen LogP contribution in [0.25, 0.3) is 11.1 Å². The van der Waals surface area contributed by atoms with Gasteiger partial charge in [-0.3, -0.25) is 0 Å². The van der Waals surface area contributed by atoms with E-state index in [0.29, 0.717) is 13.2 Å². The molecule has 0 spiro atoms. The second-order valence-electron chi connectivity index (χ2n) is 6.63. The second-order valence-corrected chi connectivity index (χ2v) is 6.63. The molecule has 0 aliphatic carbocycles. The Balaban J connectivity index is 1.63. The molecule has 24 heavy (non-hydrogen) atoms. The van der Waals surface area contributed by atoms with Gasteiger partial charge in [-0.1, -0.05) is 75.2 Å². The minimum absolute atomic E-state index is 0.0686. The van der Waals surface area contributed by atoms with Crippen LogP contribution >= 0.6 is 0 Å². The van der Waals surface area contributed by atoms with Gasteiger partial charge in [-0.2, -0.15) is 0 Å². The van der Waals surface area contributed by atoms with Crippen molar-refractivity contribution in [2.24, 2.45) is 0 Å². The van der Waals surface area contributed by atoms with E-state index in [1.54, 1.807) is 0 Å². The van der Waals surface area contributed by atoms with E-state index in [1.165, 1.54) is 28.7 Å². The highest BCUT2D eigenvalue weighted by molar-refractivity contribution is 5.64. The number of ether oxygens (including phenoxy) is 2. The summed E-state index contributed by atoms with van der Waals surface area (Å²) in [6, 6.07) is 17.6. The third-order valence-electron chi connectivity index (χ3n) is 4.69. The van der Waals surface area contributed by atoms with Crippen molar-refractivity contribution in [3.8, 4) is 11.1 Å². The standard InChI is InChI=1S/C22H28O2/c1-3-5-17-7-9-18(10-8-17)19-11-13-20(14-12-19)22-16-23-21(6-4-2)15-24-22/h7-14,21-22H,3-6,15-16H2,1-2H3/t21-,22-/m1/s1. The molecule has 0 amide bonds. The molecule has 3 rings (SSSR count). The fourth-order valence-electron chi connectivity index (χ4n) is 3.27. The Morgan fingerprint density at radius 1 is 0.792 bits per heavy atom. The zero-order valence-electron chi connectivity index (χ0n) is 14.8. The lowest BCUT2D eigenvalue weighted by atomic mass is 10.00. The van der Waals surface area contributed by atoms with Gasteiger partial charge in [0.15, 0.2) is 0 Å². The third kappa shape index (κ3) is 4.25. The summed E-state index contributed by atoms with van der Waals surface area (Å²) < 4.78 is 11.9. The van der Waals surface area contributed by atoms with Crippen LogP contribution in [0, 0.1) is 0 Å². The first-order chi connectivity index (χ1) is 11.8. The highest BCUT2D eigenvalue weighted by Crippen LogP contribution is 2.27. The van der Waals surface area contributed by atoms with Gasteiger partial charge >= 0.3 is 0 Å². The topological polar surface area (TPSA) is 18.5 Å². The van der Waals surface area contributed by atoms with Crippen molar-refractivity contribution in [2.75, 3.05) is 13.2 Å². The highest BCUT2D eigenvalue weighted by Gasteiger charge is 2.22. The van der Waals surface area contributed by atoms with Crippen LogP contribution in [0.5, 0.6) is 0 Å². The van der Waals surface area contributed by atoms with Crippen molar-refractivity contribution in [1.82, 2.24) is 0 Å². The van der Waals surface area contributed by atoms with Crippen molar-refractivity contribution in [2.45, 2.75) is 51.7 Å². The van der Waals surface area contributed by atoms with Crippen molar-refractivity contribution >= 4 is 0 Å². The van der Waals surface area contributed by atoms with E-state index in [2.05, 4.69) is 62.4 Å². The van der Waals surface area contributed by atoms with E-state index in [4.69, 9.17) is 9.47 Å². The van der Waals surface area contributed by atoms with Crippen LogP contribution in [0.2, 0.25) is 0 Å². The van der Waals surface area contributed by atoms with Gasteiger partial charge in [0.1, 0.15) is 6.10 Å². The lowest BCUT2D eigenvalue weighted by Gasteiger charge is -2.29. The number of hydrogen-bond acceptors (Lipinski definition) is 2. The minimum Gasteiger partial charge on any atom is -0.373 e. The molecular weight excluding hydrogens is 296 g/mol. The number of rotatable bonds is 6. The van der Waals surface area contributed by atoms with Crippen LogP contribution in [0.4, 0.5) is 0 Å². The van der Waals surface area contributed by atoms with Gasteiger partial charge < -0.3 is 9.47 Å². The van der Waals surface area contributed by atoms with Gasteiger partial charge in [0.25, 0.3) is 0 Å². The molecule has 0 unspecified atom stereocenters. The summed E-state index contributed by atoms with van der Waals surface area (Å²) in [6.45, 7) is 5.77. The largest absolute Gasteiger partial charge is 0.373 e. The summed E-state index contributed by atoms with van der Waals surface area (Å²) in [5.41, 5.74) is 5.14. The summed E-state index contributed by atoms with van der Waals surface area (Å²) in [5, 5.41) is 0. The Bertz CT molecular complexity index is 607. The second kappa shape index (κ2) is 8.46. The molecule has 128 valence electrons. The van der Waals surface area contributed by atoms with Crippen LogP contribution in [-0.4, -0.2) is 19.3 Å². The number of hydrogen-bond donors (Lipinski definition) is 0. The molecule has 2 aromatic rings. The zero-order chi connectivity index (χ0) is 16.8. The molecule has 2 atom stereocenters. The van der Waals surface area contributed by atoms with Crippen LogP contribution in [0.1, 0.15) is 50.3 Å². The molecule has 0 aromatic heterocycles. The van der Waals surface area contributed by atoms with Gasteiger partial charge in [0.2, 0.25) is 0 Å². The Labute approximate surface area is 145 Å². The summed E-state index contributed by atoms with van der Waals surface area (Å²) in [5.74, 6) is 0. The molecule has 0 radical (unpaired) electrons. The predicted octanol–water partition coefficient (Wildman–Crippen LogP) is 5.56. The Morgan fingerprint density at radius 2 is 1.46 bits per heavy atom. The van der Waals surface area contributed by atoms with E-state index >= 15 is 0 Å². The summed E-state index contributed by atoms with van der Waals surface area (Å²) in [7, 11) is 0. The maximum absolute atomic E-state index is 5.99. The molecular formula is C22H28O2. The molecule has 1 heterocycles. The maximum atomic E-state index is 5.99. The van der Waals surface area contributed by atoms with Gasteiger partial charge in [-0.25, -0.2) is 0 Å². The van der Waals surface area contributed by atoms with Crippen molar-refractivity contribution in [3.05, 3.63) is 59.7 Å². The van der Waals surface area contributed by atoms with E-state index in [1.807, 2.05) is 0 Å². The van der Waals surface area contributed by atoms with Crippen LogP contribution in [-0.2, 0) is 15.9 Å². The maximum Gasteiger partial charge on any atom is 0.106 e. The van der Waals surface area contributed by atoms with Gasteiger partial charge in [-0.15, -0.1) is 0 Å². The highest BCUT2D eigenvalue weighted by atomic mass is 16.6. The minimum atomic E-state index is 0.0686. The Hall–Kier alpha value is -1.64.